The van der Waals surface area contributed by atoms with Crippen LogP contribution in [-0.4, -0.2) is 28.8 Å². The Hall–Kier alpha value is -2.15. The van der Waals surface area contributed by atoms with Crippen molar-refractivity contribution in [2.45, 2.75) is 26.2 Å². The van der Waals surface area contributed by atoms with Gasteiger partial charge in [0.15, 0.2) is 0 Å². The fourth-order valence-electron chi connectivity index (χ4n) is 2.79. The third-order valence-corrected chi connectivity index (χ3v) is 3.87. The molecular weight excluding hydrogens is 272 g/mol. The number of rotatable bonds is 5. The van der Waals surface area contributed by atoms with Crippen LogP contribution in [0, 0.1) is 16.0 Å². The zero-order chi connectivity index (χ0) is 15.4. The summed E-state index contributed by atoms with van der Waals surface area (Å²) in [6, 6.07) is 4.23. The highest BCUT2D eigenvalue weighted by molar-refractivity contribution is 5.96. The summed E-state index contributed by atoms with van der Waals surface area (Å²) in [6.45, 7) is 3.64. The fourth-order valence-corrected chi connectivity index (χ4v) is 2.79. The van der Waals surface area contributed by atoms with Crippen LogP contribution in [0.3, 0.4) is 0 Å². The maximum Gasteiger partial charge on any atom is 0.293 e. The molecule has 2 rings (SSSR count). The van der Waals surface area contributed by atoms with Gasteiger partial charge in [-0.15, -0.1) is 0 Å². The minimum atomic E-state index is -0.531. The number of benzene rings is 1. The minimum Gasteiger partial charge on any atom is -0.338 e. The molecule has 1 aromatic rings. The summed E-state index contributed by atoms with van der Waals surface area (Å²) in [5, 5.41) is 10.8. The Balaban J connectivity index is 2.15. The molecule has 0 aromatic heterocycles. The van der Waals surface area contributed by atoms with E-state index in [1.807, 2.05) is 4.90 Å². The quantitative estimate of drug-likeness (QED) is 0.492. The molecule has 1 aromatic carbocycles. The molecule has 1 aliphatic rings. The van der Waals surface area contributed by atoms with Crippen molar-refractivity contribution >= 4 is 17.3 Å². The summed E-state index contributed by atoms with van der Waals surface area (Å²) in [6.07, 6.45) is 3.26. The topological polar surface area (TPSA) is 102 Å². The number of hydrazine groups is 1. The monoisotopic (exact) mass is 292 g/mol. The van der Waals surface area contributed by atoms with Crippen LogP contribution in [0.1, 0.15) is 36.5 Å². The van der Waals surface area contributed by atoms with Crippen LogP contribution < -0.4 is 11.3 Å². The van der Waals surface area contributed by atoms with Crippen LogP contribution in [0.5, 0.6) is 0 Å². The predicted octanol–water partition coefficient (Wildman–Crippen LogP) is 2.14. The van der Waals surface area contributed by atoms with E-state index in [1.165, 1.54) is 18.2 Å². The Morgan fingerprint density at radius 1 is 1.57 bits per heavy atom. The highest BCUT2D eigenvalue weighted by Gasteiger charge is 2.27. The second-order valence-corrected chi connectivity index (χ2v) is 5.33. The van der Waals surface area contributed by atoms with E-state index in [2.05, 4.69) is 12.3 Å². The lowest BCUT2D eigenvalue weighted by Crippen LogP contribution is -2.28. The number of nitrogens with zero attached hydrogens (tertiary/aromatic N) is 2. The normalized spacial score (nSPS) is 17.8. The van der Waals surface area contributed by atoms with Gasteiger partial charge in [-0.3, -0.25) is 20.8 Å². The molecule has 1 saturated heterocycles. The third kappa shape index (κ3) is 3.30. The molecule has 1 heterocycles. The van der Waals surface area contributed by atoms with Crippen molar-refractivity contribution in [1.82, 2.24) is 4.90 Å². The average molecular weight is 292 g/mol. The number of nitrogen functional groups attached to an aromatic ring is 1. The van der Waals surface area contributed by atoms with E-state index in [0.29, 0.717) is 11.5 Å². The maximum absolute atomic E-state index is 12.4. The van der Waals surface area contributed by atoms with Gasteiger partial charge < -0.3 is 10.3 Å². The summed E-state index contributed by atoms with van der Waals surface area (Å²) < 4.78 is 0. The molecule has 1 amide bonds. The first-order valence-electron chi connectivity index (χ1n) is 7.11. The van der Waals surface area contributed by atoms with E-state index < -0.39 is 4.92 Å². The SMILES string of the molecule is CCCC1CCN(C(=O)c2ccc([N+](=O)[O-])c(NN)c2)C1. The van der Waals surface area contributed by atoms with E-state index in [-0.39, 0.29) is 17.3 Å². The molecule has 1 atom stereocenters. The van der Waals surface area contributed by atoms with Gasteiger partial charge in [0.2, 0.25) is 0 Å². The van der Waals surface area contributed by atoms with E-state index in [4.69, 9.17) is 5.84 Å². The number of anilines is 1. The molecule has 21 heavy (non-hydrogen) atoms. The lowest BCUT2D eigenvalue weighted by molar-refractivity contribution is -0.384. The van der Waals surface area contributed by atoms with Crippen molar-refractivity contribution in [3.05, 3.63) is 33.9 Å². The van der Waals surface area contributed by atoms with Crippen LogP contribution in [0.4, 0.5) is 11.4 Å². The average Bonchev–Trinajstić information content (AvgIpc) is 2.94. The van der Waals surface area contributed by atoms with Crippen molar-refractivity contribution in [2.24, 2.45) is 11.8 Å². The molecule has 0 spiro atoms. The van der Waals surface area contributed by atoms with Crippen LogP contribution in [0.2, 0.25) is 0 Å². The first-order valence-corrected chi connectivity index (χ1v) is 7.11. The fraction of sp³-hybridized carbons (Fsp3) is 0.500. The Labute approximate surface area is 123 Å². The molecule has 0 bridgehead atoms. The molecular formula is C14H20N4O3. The Bertz CT molecular complexity index is 547. The molecule has 1 fully saturated rings. The van der Waals surface area contributed by atoms with Crippen LogP contribution in [0.25, 0.3) is 0 Å². The molecule has 1 aliphatic heterocycles. The van der Waals surface area contributed by atoms with Crippen molar-refractivity contribution in [2.75, 3.05) is 18.5 Å². The minimum absolute atomic E-state index is 0.0972. The Morgan fingerprint density at radius 3 is 2.95 bits per heavy atom. The van der Waals surface area contributed by atoms with E-state index in [0.717, 1.165) is 32.4 Å². The molecule has 0 saturated carbocycles. The number of nitro groups is 1. The van der Waals surface area contributed by atoms with E-state index in [9.17, 15) is 14.9 Å². The van der Waals surface area contributed by atoms with Crippen molar-refractivity contribution in [1.29, 1.82) is 0 Å². The van der Waals surface area contributed by atoms with Gasteiger partial charge in [0.25, 0.3) is 11.6 Å². The van der Waals surface area contributed by atoms with Gasteiger partial charge in [0.05, 0.1) is 4.92 Å². The lowest BCUT2D eigenvalue weighted by Gasteiger charge is -2.17. The summed E-state index contributed by atoms with van der Waals surface area (Å²) in [7, 11) is 0. The number of carbonyl (C=O) groups is 1. The summed E-state index contributed by atoms with van der Waals surface area (Å²) >= 11 is 0. The predicted molar refractivity (Wildman–Crippen MR) is 79.8 cm³/mol. The second kappa shape index (κ2) is 6.53. The largest absolute Gasteiger partial charge is 0.338 e. The smallest absolute Gasteiger partial charge is 0.293 e. The first-order chi connectivity index (χ1) is 10.1. The van der Waals surface area contributed by atoms with E-state index >= 15 is 0 Å². The van der Waals surface area contributed by atoms with Gasteiger partial charge in [0, 0.05) is 24.7 Å². The van der Waals surface area contributed by atoms with Crippen molar-refractivity contribution < 1.29 is 9.72 Å². The summed E-state index contributed by atoms with van der Waals surface area (Å²) in [5.41, 5.74) is 2.71. The van der Waals surface area contributed by atoms with Gasteiger partial charge in [-0.05, 0) is 30.9 Å². The first kappa shape index (κ1) is 15.2. The zero-order valence-corrected chi connectivity index (χ0v) is 12.0. The number of hydrogen-bond donors (Lipinski definition) is 2. The zero-order valence-electron chi connectivity index (χ0n) is 12.0. The molecule has 7 heteroatoms. The number of nitro benzene ring substituents is 1. The maximum atomic E-state index is 12.4. The molecule has 1 unspecified atom stereocenters. The van der Waals surface area contributed by atoms with Gasteiger partial charge in [-0.2, -0.15) is 0 Å². The highest BCUT2D eigenvalue weighted by atomic mass is 16.6. The molecule has 0 radical (unpaired) electrons. The Kier molecular flexibility index (Phi) is 4.74. The van der Waals surface area contributed by atoms with Crippen molar-refractivity contribution in [3.8, 4) is 0 Å². The summed E-state index contributed by atoms with van der Waals surface area (Å²) in [4.78, 5) is 24.6. The lowest BCUT2D eigenvalue weighted by atomic mass is 10.0. The number of nitrogens with two attached hydrogens (primary N) is 1. The second-order valence-electron chi connectivity index (χ2n) is 5.33. The number of likely N-dealkylation sites (tertiary alicyclic amines) is 1. The molecule has 7 nitrogen and oxygen atoms in total. The molecule has 3 N–H and O–H groups in total. The molecule has 114 valence electrons. The summed E-state index contributed by atoms with van der Waals surface area (Å²) in [5.74, 6) is 5.76. The highest BCUT2D eigenvalue weighted by Crippen LogP contribution is 2.27. The van der Waals surface area contributed by atoms with Crippen molar-refractivity contribution in [3.63, 3.8) is 0 Å². The standard InChI is InChI=1S/C14H20N4O3/c1-2-3-10-6-7-17(9-10)14(19)11-4-5-13(18(20)21)12(8-11)16-15/h4-5,8,10,16H,2-3,6-7,9,15H2,1H3. The molecule has 0 aliphatic carbocycles. The third-order valence-electron chi connectivity index (χ3n) is 3.87. The number of amides is 1. The number of hydrogen-bond acceptors (Lipinski definition) is 5. The van der Waals surface area contributed by atoms with Gasteiger partial charge in [-0.1, -0.05) is 13.3 Å². The number of nitrogens with one attached hydrogen (secondary N) is 1. The van der Waals surface area contributed by atoms with Gasteiger partial charge in [0.1, 0.15) is 5.69 Å². The van der Waals surface area contributed by atoms with Crippen LogP contribution >= 0.6 is 0 Å². The Morgan fingerprint density at radius 2 is 2.33 bits per heavy atom. The van der Waals surface area contributed by atoms with Gasteiger partial charge >= 0.3 is 0 Å². The van der Waals surface area contributed by atoms with Crippen LogP contribution in [0.15, 0.2) is 18.2 Å². The van der Waals surface area contributed by atoms with Crippen LogP contribution in [-0.2, 0) is 0 Å². The van der Waals surface area contributed by atoms with Gasteiger partial charge in [-0.25, -0.2) is 0 Å². The number of carbonyl (C=O) groups excluding carboxylic acids is 1. The van der Waals surface area contributed by atoms with E-state index in [1.54, 1.807) is 0 Å².